The molecule has 0 atom stereocenters. The molecule has 1 N–H and O–H groups in total. The number of aryl methyl sites for hydroxylation is 1. The van der Waals surface area contributed by atoms with Gasteiger partial charge >= 0.3 is 5.97 Å². The second-order valence-corrected chi connectivity index (χ2v) is 8.90. The van der Waals surface area contributed by atoms with Crippen LogP contribution >= 0.6 is 0 Å². The molecule has 1 aliphatic heterocycles. The highest BCUT2D eigenvalue weighted by molar-refractivity contribution is 5.83. The van der Waals surface area contributed by atoms with E-state index in [9.17, 15) is 9.59 Å². The molecule has 3 heterocycles. The number of fused-ring (bicyclic) bond motifs is 2. The van der Waals surface area contributed by atoms with Crippen molar-refractivity contribution in [3.63, 3.8) is 0 Å². The Kier molecular flexibility index (Phi) is 7.13. The number of nitrogens with one attached hydrogen (secondary N) is 1. The second-order valence-electron chi connectivity index (χ2n) is 8.90. The van der Waals surface area contributed by atoms with Gasteiger partial charge in [-0.15, -0.1) is 5.10 Å². The van der Waals surface area contributed by atoms with Crippen LogP contribution in [-0.4, -0.2) is 55.9 Å². The number of hydrogen-bond acceptors (Lipinski definition) is 9. The van der Waals surface area contributed by atoms with Crippen molar-refractivity contribution in [2.75, 3.05) is 19.8 Å². The smallest absolute Gasteiger partial charge is 0.327 e. The van der Waals surface area contributed by atoms with Gasteiger partial charge in [-0.05, 0) is 42.0 Å². The van der Waals surface area contributed by atoms with Gasteiger partial charge in [0.05, 0.1) is 18.7 Å². The van der Waals surface area contributed by atoms with Gasteiger partial charge in [0.25, 0.3) is 5.56 Å². The van der Waals surface area contributed by atoms with Crippen LogP contribution in [0.25, 0.3) is 10.9 Å². The van der Waals surface area contributed by atoms with Crippen molar-refractivity contribution in [2.24, 2.45) is 0 Å². The number of pyridine rings is 1. The highest BCUT2D eigenvalue weighted by atomic mass is 16.6. The lowest BCUT2D eigenvalue weighted by molar-refractivity contribution is -0.144. The van der Waals surface area contributed by atoms with Crippen molar-refractivity contribution in [1.29, 1.82) is 0 Å². The van der Waals surface area contributed by atoms with E-state index >= 15 is 0 Å². The van der Waals surface area contributed by atoms with Crippen LogP contribution in [0.15, 0.2) is 47.3 Å². The van der Waals surface area contributed by atoms with Crippen LogP contribution in [0.1, 0.15) is 29.4 Å². The Morgan fingerprint density at radius 1 is 1.08 bits per heavy atom. The summed E-state index contributed by atoms with van der Waals surface area (Å²) in [6.07, 6.45) is 0. The standard InChI is InChI=1S/C26H28N6O5/c1-3-35-25(33)16-32-24(28-29-30-32)15-31(13-18-6-4-17(2)5-7-18)14-20-10-19-11-22-23(37-9-8-36-22)12-21(19)27-26(20)34/h4-7,10-12H,3,8-9,13-16H2,1-2H3,(H,27,34). The normalized spacial score (nSPS) is 12.7. The summed E-state index contributed by atoms with van der Waals surface area (Å²) >= 11 is 0. The number of tetrazole rings is 1. The van der Waals surface area contributed by atoms with Crippen LogP contribution in [0.5, 0.6) is 11.5 Å². The van der Waals surface area contributed by atoms with Gasteiger partial charge in [0.15, 0.2) is 17.3 Å². The summed E-state index contributed by atoms with van der Waals surface area (Å²) in [6.45, 7) is 6.14. The Bertz CT molecular complexity index is 1460. The third-order valence-corrected chi connectivity index (χ3v) is 6.06. The molecule has 0 spiro atoms. The molecule has 0 amide bonds. The molecule has 37 heavy (non-hydrogen) atoms. The van der Waals surface area contributed by atoms with Crippen molar-refractivity contribution in [1.82, 2.24) is 30.1 Å². The maximum atomic E-state index is 13.1. The number of esters is 1. The number of carbonyl (C=O) groups is 1. The minimum Gasteiger partial charge on any atom is -0.486 e. The predicted octanol–water partition coefficient (Wildman–Crippen LogP) is 2.36. The van der Waals surface area contributed by atoms with E-state index in [1.807, 2.05) is 31.2 Å². The maximum absolute atomic E-state index is 13.1. The molecule has 0 aliphatic carbocycles. The molecule has 0 unspecified atom stereocenters. The predicted molar refractivity (Wildman–Crippen MR) is 134 cm³/mol. The van der Waals surface area contributed by atoms with Crippen LogP contribution in [0, 0.1) is 6.92 Å². The Hall–Kier alpha value is -4.25. The molecule has 1 aliphatic rings. The molecule has 4 aromatic rings. The first kappa shape index (κ1) is 24.4. The topological polar surface area (TPSA) is 124 Å². The highest BCUT2D eigenvalue weighted by Gasteiger charge is 2.19. The van der Waals surface area contributed by atoms with Gasteiger partial charge in [0.1, 0.15) is 19.8 Å². The van der Waals surface area contributed by atoms with Crippen LogP contribution in [-0.2, 0) is 35.7 Å². The van der Waals surface area contributed by atoms with Crippen LogP contribution < -0.4 is 15.0 Å². The van der Waals surface area contributed by atoms with Gasteiger partial charge in [-0.1, -0.05) is 29.8 Å². The van der Waals surface area contributed by atoms with Gasteiger partial charge in [0.2, 0.25) is 0 Å². The zero-order valence-corrected chi connectivity index (χ0v) is 20.8. The van der Waals surface area contributed by atoms with Gasteiger partial charge in [-0.3, -0.25) is 14.5 Å². The number of aromatic amines is 1. The maximum Gasteiger partial charge on any atom is 0.327 e. The minimum absolute atomic E-state index is 0.0850. The summed E-state index contributed by atoms with van der Waals surface area (Å²) < 4.78 is 17.8. The molecule has 5 rings (SSSR count). The summed E-state index contributed by atoms with van der Waals surface area (Å²) in [4.78, 5) is 30.1. The van der Waals surface area contributed by atoms with E-state index in [4.69, 9.17) is 14.2 Å². The first-order chi connectivity index (χ1) is 18.0. The summed E-state index contributed by atoms with van der Waals surface area (Å²) in [5, 5.41) is 12.7. The van der Waals surface area contributed by atoms with E-state index in [1.165, 1.54) is 4.68 Å². The quantitative estimate of drug-likeness (QED) is 0.342. The fourth-order valence-electron chi connectivity index (χ4n) is 4.25. The molecule has 0 saturated heterocycles. The second kappa shape index (κ2) is 10.8. The first-order valence-electron chi connectivity index (χ1n) is 12.1. The Labute approximate surface area is 212 Å². The lowest BCUT2D eigenvalue weighted by Gasteiger charge is -2.22. The van der Waals surface area contributed by atoms with E-state index in [0.717, 1.165) is 16.5 Å². The van der Waals surface area contributed by atoms with E-state index in [1.54, 1.807) is 13.0 Å². The molecule has 11 heteroatoms. The number of carbonyl (C=O) groups excluding carboxylic acids is 1. The third kappa shape index (κ3) is 5.78. The summed E-state index contributed by atoms with van der Waals surface area (Å²) in [5.74, 6) is 1.36. The number of aromatic nitrogens is 5. The Morgan fingerprint density at radius 3 is 2.59 bits per heavy atom. The van der Waals surface area contributed by atoms with Gasteiger partial charge in [-0.2, -0.15) is 0 Å². The lowest BCUT2D eigenvalue weighted by Crippen LogP contribution is -2.28. The van der Waals surface area contributed by atoms with E-state index < -0.39 is 5.97 Å². The first-order valence-corrected chi connectivity index (χ1v) is 12.1. The van der Waals surface area contributed by atoms with Crippen molar-refractivity contribution < 1.29 is 19.0 Å². The molecule has 2 aromatic heterocycles. The molecular formula is C26H28N6O5. The van der Waals surface area contributed by atoms with Gasteiger partial charge < -0.3 is 19.2 Å². The zero-order valence-electron chi connectivity index (χ0n) is 20.8. The molecule has 0 bridgehead atoms. The number of benzene rings is 2. The highest BCUT2D eigenvalue weighted by Crippen LogP contribution is 2.33. The number of ether oxygens (including phenoxy) is 3. The molecule has 0 fully saturated rings. The zero-order chi connectivity index (χ0) is 25.8. The number of H-pyrrole nitrogens is 1. The van der Waals surface area contributed by atoms with E-state index in [-0.39, 0.29) is 18.7 Å². The summed E-state index contributed by atoms with van der Waals surface area (Å²) in [6, 6.07) is 13.8. The lowest BCUT2D eigenvalue weighted by atomic mass is 10.1. The number of nitrogens with zero attached hydrogens (tertiary/aromatic N) is 5. The van der Waals surface area contributed by atoms with E-state index in [0.29, 0.717) is 61.3 Å². The van der Waals surface area contributed by atoms with Crippen LogP contribution in [0.2, 0.25) is 0 Å². The number of hydrogen-bond donors (Lipinski definition) is 1. The van der Waals surface area contributed by atoms with Gasteiger partial charge in [-0.25, -0.2) is 4.68 Å². The average molecular weight is 505 g/mol. The summed E-state index contributed by atoms with van der Waals surface area (Å²) in [5.41, 5.74) is 3.31. The third-order valence-electron chi connectivity index (χ3n) is 6.06. The van der Waals surface area contributed by atoms with Crippen LogP contribution in [0.4, 0.5) is 0 Å². The molecule has 0 saturated carbocycles. The molecule has 192 valence electrons. The van der Waals surface area contributed by atoms with Gasteiger partial charge in [0, 0.05) is 30.1 Å². The number of rotatable bonds is 9. The SMILES string of the molecule is CCOC(=O)Cn1nnnc1CN(Cc1ccc(C)cc1)Cc1cc2cc3c(cc2[nH]c1=O)OCCO3. The minimum atomic E-state index is -0.415. The molecule has 0 radical (unpaired) electrons. The fraction of sp³-hybridized carbons (Fsp3) is 0.346. The monoisotopic (exact) mass is 504 g/mol. The molecule has 2 aromatic carbocycles. The van der Waals surface area contributed by atoms with Crippen molar-refractivity contribution in [3.8, 4) is 11.5 Å². The Morgan fingerprint density at radius 2 is 1.84 bits per heavy atom. The largest absolute Gasteiger partial charge is 0.486 e. The van der Waals surface area contributed by atoms with Crippen molar-refractivity contribution in [2.45, 2.75) is 40.0 Å². The van der Waals surface area contributed by atoms with Crippen LogP contribution in [0.3, 0.4) is 0 Å². The fourth-order valence-corrected chi connectivity index (χ4v) is 4.25. The molecule has 11 nitrogen and oxygen atoms in total. The molecular weight excluding hydrogens is 476 g/mol. The summed E-state index contributed by atoms with van der Waals surface area (Å²) in [7, 11) is 0. The van der Waals surface area contributed by atoms with E-state index in [2.05, 4.69) is 37.5 Å². The Balaban J connectivity index is 1.44. The van der Waals surface area contributed by atoms with Crippen molar-refractivity contribution in [3.05, 3.63) is 75.3 Å². The average Bonchev–Trinajstić information content (AvgIpc) is 3.31. The van der Waals surface area contributed by atoms with Crippen molar-refractivity contribution >= 4 is 16.9 Å².